The zero-order valence-corrected chi connectivity index (χ0v) is 26.6. The number of thiophene rings is 1. The fourth-order valence-electron chi connectivity index (χ4n) is 5.10. The maximum absolute atomic E-state index is 14.0. The van der Waals surface area contributed by atoms with Gasteiger partial charge in [-0.25, -0.2) is 9.78 Å². The van der Waals surface area contributed by atoms with Crippen LogP contribution < -0.4 is 9.64 Å². The standard InChI is InChI=1S/C31H38N4O8S/c1-19-25(28(38)33(5)31(3,4)30(39)40)29(44-26(19)27-32-13-16-42-27)35(18-36)17-24(22-9-7-8-10-23(22)41-6)43-21-11-14-34(15-12-21)20(2)37/h7-10,13,16,18,21,24H,11-12,14-15,17H2,1-6H3,(H,39,40). The number of para-hydroxylation sites is 1. The van der Waals surface area contributed by atoms with Crippen molar-refractivity contribution in [1.82, 2.24) is 14.8 Å². The van der Waals surface area contributed by atoms with E-state index >= 15 is 0 Å². The molecule has 4 rings (SSSR count). The Balaban J connectivity index is 1.76. The van der Waals surface area contributed by atoms with Gasteiger partial charge in [0, 0.05) is 32.6 Å². The van der Waals surface area contributed by atoms with Crippen LogP contribution in [-0.4, -0.2) is 89.5 Å². The second-order valence-electron chi connectivity index (χ2n) is 11.1. The first kappa shape index (κ1) is 32.7. The zero-order chi connectivity index (χ0) is 32.2. The fraction of sp³-hybridized carbons (Fsp3) is 0.452. The topological polar surface area (TPSA) is 143 Å². The summed E-state index contributed by atoms with van der Waals surface area (Å²) in [6, 6.07) is 7.36. The van der Waals surface area contributed by atoms with E-state index in [4.69, 9.17) is 13.9 Å². The van der Waals surface area contributed by atoms with E-state index in [0.29, 0.717) is 59.1 Å². The fourth-order valence-corrected chi connectivity index (χ4v) is 6.31. The summed E-state index contributed by atoms with van der Waals surface area (Å²) >= 11 is 1.15. The molecule has 1 aliphatic heterocycles. The van der Waals surface area contributed by atoms with Gasteiger partial charge < -0.3 is 33.7 Å². The molecule has 3 aromatic rings. The van der Waals surface area contributed by atoms with Gasteiger partial charge >= 0.3 is 5.97 Å². The molecule has 1 aromatic carbocycles. The summed E-state index contributed by atoms with van der Waals surface area (Å²) < 4.78 is 17.8. The minimum absolute atomic E-state index is 0.0139. The Hall–Kier alpha value is -4.23. The number of hydrogen-bond acceptors (Lipinski definition) is 9. The third-order valence-electron chi connectivity index (χ3n) is 8.12. The summed E-state index contributed by atoms with van der Waals surface area (Å²) in [6.45, 7) is 7.27. The molecule has 1 saturated heterocycles. The number of likely N-dealkylation sites (N-methyl/N-ethyl adjacent to an activating group) is 1. The Morgan fingerprint density at radius 2 is 1.93 bits per heavy atom. The van der Waals surface area contributed by atoms with Crippen molar-refractivity contribution in [3.05, 3.63) is 53.4 Å². The first-order valence-electron chi connectivity index (χ1n) is 14.2. The molecule has 0 bridgehead atoms. The average Bonchev–Trinajstić information content (AvgIpc) is 3.66. The first-order valence-corrected chi connectivity index (χ1v) is 15.0. The Bertz CT molecular complexity index is 1490. The molecule has 0 saturated carbocycles. The van der Waals surface area contributed by atoms with E-state index in [1.807, 2.05) is 24.3 Å². The SMILES string of the molecule is COc1ccccc1C(CN(C=O)c1sc(-c2ncco2)c(C)c1C(=O)N(C)C(C)(C)C(=O)O)OC1CCN(C(C)=O)CC1. The Morgan fingerprint density at radius 1 is 1.25 bits per heavy atom. The van der Waals surface area contributed by atoms with E-state index < -0.39 is 23.5 Å². The second kappa shape index (κ2) is 13.6. The minimum Gasteiger partial charge on any atom is -0.496 e. The van der Waals surface area contributed by atoms with E-state index in [0.717, 1.165) is 16.2 Å². The summed E-state index contributed by atoms with van der Waals surface area (Å²) in [5.74, 6) is -0.888. The molecule has 1 atom stereocenters. The highest BCUT2D eigenvalue weighted by Crippen LogP contribution is 2.43. The Morgan fingerprint density at radius 3 is 2.50 bits per heavy atom. The monoisotopic (exact) mass is 626 g/mol. The van der Waals surface area contributed by atoms with Crippen molar-refractivity contribution in [3.63, 3.8) is 0 Å². The van der Waals surface area contributed by atoms with Gasteiger partial charge in [0.05, 0.1) is 36.4 Å². The predicted molar refractivity (Wildman–Crippen MR) is 164 cm³/mol. The van der Waals surface area contributed by atoms with Crippen molar-refractivity contribution in [2.24, 2.45) is 0 Å². The van der Waals surface area contributed by atoms with Crippen LogP contribution in [-0.2, 0) is 19.1 Å². The normalized spacial score (nSPS) is 14.6. The number of piperidine rings is 1. The van der Waals surface area contributed by atoms with Crippen molar-refractivity contribution in [2.75, 3.05) is 38.7 Å². The molecule has 1 unspecified atom stereocenters. The van der Waals surface area contributed by atoms with E-state index in [2.05, 4.69) is 4.98 Å². The molecule has 44 heavy (non-hydrogen) atoms. The van der Waals surface area contributed by atoms with Crippen LogP contribution in [0.3, 0.4) is 0 Å². The molecule has 12 nitrogen and oxygen atoms in total. The van der Waals surface area contributed by atoms with Crippen LogP contribution in [0.2, 0.25) is 0 Å². The number of carboxylic acids is 1. The van der Waals surface area contributed by atoms with Crippen LogP contribution in [0.15, 0.2) is 41.1 Å². The number of hydrogen-bond donors (Lipinski definition) is 1. The molecule has 13 heteroatoms. The summed E-state index contributed by atoms with van der Waals surface area (Å²) in [4.78, 5) is 59.8. The summed E-state index contributed by atoms with van der Waals surface area (Å²) in [5, 5.41) is 10.1. The maximum atomic E-state index is 14.0. The number of amides is 3. The lowest BCUT2D eigenvalue weighted by molar-refractivity contribution is -0.147. The quantitative estimate of drug-likeness (QED) is 0.290. The highest BCUT2D eigenvalue weighted by molar-refractivity contribution is 7.20. The van der Waals surface area contributed by atoms with Gasteiger partial charge in [-0.05, 0) is 45.2 Å². The lowest BCUT2D eigenvalue weighted by Crippen LogP contribution is -2.51. The highest BCUT2D eigenvalue weighted by Gasteiger charge is 2.39. The van der Waals surface area contributed by atoms with Gasteiger partial charge in [0.1, 0.15) is 28.7 Å². The molecule has 0 radical (unpaired) electrons. The van der Waals surface area contributed by atoms with E-state index in [-0.39, 0.29) is 30.0 Å². The Kier molecular flexibility index (Phi) is 10.1. The summed E-state index contributed by atoms with van der Waals surface area (Å²) in [7, 11) is 2.97. The molecule has 0 aliphatic carbocycles. The third-order valence-corrected chi connectivity index (χ3v) is 9.43. The lowest BCUT2D eigenvalue weighted by atomic mass is 10.0. The minimum atomic E-state index is -1.53. The highest BCUT2D eigenvalue weighted by atomic mass is 32.1. The number of likely N-dealkylation sites (tertiary alicyclic amines) is 1. The van der Waals surface area contributed by atoms with Crippen molar-refractivity contribution in [2.45, 2.75) is 58.3 Å². The molecular weight excluding hydrogens is 588 g/mol. The van der Waals surface area contributed by atoms with Crippen LogP contribution in [0.25, 0.3) is 10.8 Å². The molecule has 1 N–H and O–H groups in total. The number of anilines is 1. The molecule has 3 amide bonds. The van der Waals surface area contributed by atoms with Crippen LogP contribution in [0.5, 0.6) is 5.75 Å². The van der Waals surface area contributed by atoms with Gasteiger partial charge in [0.15, 0.2) is 0 Å². The van der Waals surface area contributed by atoms with E-state index in [9.17, 15) is 24.3 Å². The number of aromatic nitrogens is 1. The zero-order valence-electron chi connectivity index (χ0n) is 25.7. The van der Waals surface area contributed by atoms with Gasteiger partial charge in [-0.1, -0.05) is 18.2 Å². The predicted octanol–water partition coefficient (Wildman–Crippen LogP) is 4.39. The van der Waals surface area contributed by atoms with E-state index in [1.54, 1.807) is 25.9 Å². The number of methoxy groups -OCH3 is 1. The number of oxazole rings is 1. The number of rotatable bonds is 12. The maximum Gasteiger partial charge on any atom is 0.329 e. The van der Waals surface area contributed by atoms with Crippen LogP contribution in [0, 0.1) is 6.92 Å². The van der Waals surface area contributed by atoms with Gasteiger partial charge in [0.2, 0.25) is 18.2 Å². The van der Waals surface area contributed by atoms with Crippen molar-refractivity contribution in [3.8, 4) is 16.5 Å². The van der Waals surface area contributed by atoms with Gasteiger partial charge in [-0.3, -0.25) is 14.4 Å². The second-order valence-corrected chi connectivity index (χ2v) is 12.1. The number of benzene rings is 1. The molecular formula is C31H38N4O8S. The summed E-state index contributed by atoms with van der Waals surface area (Å²) in [6.07, 6.45) is 3.92. The lowest BCUT2D eigenvalue weighted by Gasteiger charge is -2.35. The van der Waals surface area contributed by atoms with Gasteiger partial charge in [0.25, 0.3) is 5.91 Å². The largest absolute Gasteiger partial charge is 0.496 e. The first-order chi connectivity index (χ1) is 20.9. The molecule has 2 aromatic heterocycles. The molecule has 3 heterocycles. The third kappa shape index (κ3) is 6.63. The number of carboxylic acid groups (broad SMARTS) is 1. The summed E-state index contributed by atoms with van der Waals surface area (Å²) in [5.41, 5.74) is -0.145. The molecule has 1 aliphatic rings. The van der Waals surface area contributed by atoms with Gasteiger partial charge in [-0.15, -0.1) is 11.3 Å². The number of ether oxygens (including phenoxy) is 2. The molecule has 236 valence electrons. The molecule has 0 spiro atoms. The number of nitrogens with zero attached hydrogens (tertiary/aromatic N) is 4. The Labute approximate surface area is 260 Å². The number of carbonyl (C=O) groups is 4. The van der Waals surface area contributed by atoms with Crippen LogP contribution >= 0.6 is 11.3 Å². The van der Waals surface area contributed by atoms with Gasteiger partial charge in [-0.2, -0.15) is 0 Å². The number of carbonyl (C=O) groups excluding carboxylic acids is 3. The van der Waals surface area contributed by atoms with Crippen molar-refractivity contribution in [1.29, 1.82) is 0 Å². The van der Waals surface area contributed by atoms with Crippen LogP contribution in [0.1, 0.15) is 61.2 Å². The average molecular weight is 627 g/mol. The van der Waals surface area contributed by atoms with Crippen LogP contribution in [0.4, 0.5) is 5.00 Å². The van der Waals surface area contributed by atoms with Crippen molar-refractivity contribution < 1.29 is 38.2 Å². The number of aliphatic carboxylic acids is 1. The molecule has 1 fully saturated rings. The van der Waals surface area contributed by atoms with Crippen molar-refractivity contribution >= 4 is 40.5 Å². The smallest absolute Gasteiger partial charge is 0.329 e. The van der Waals surface area contributed by atoms with E-state index in [1.165, 1.54) is 38.3 Å².